The Hall–Kier alpha value is -1.36. The number of anilines is 1. The zero-order chi connectivity index (χ0) is 11.8. The second kappa shape index (κ2) is 4.14. The number of halogens is 1. The highest BCUT2D eigenvalue weighted by atomic mass is 35.5. The van der Waals surface area contributed by atoms with Crippen molar-refractivity contribution in [2.75, 3.05) is 5.32 Å². The average Bonchev–Trinajstić information content (AvgIpc) is 2.87. The predicted molar refractivity (Wildman–Crippen MR) is 66.2 cm³/mol. The van der Waals surface area contributed by atoms with E-state index in [2.05, 4.69) is 27.3 Å². The quantitative estimate of drug-likeness (QED) is 0.833. The molecule has 2 aromatic rings. The van der Waals surface area contributed by atoms with Gasteiger partial charge in [-0.3, -0.25) is 0 Å². The maximum atomic E-state index is 5.96. The van der Waals surface area contributed by atoms with E-state index in [-0.39, 0.29) is 0 Å². The number of fused-ring (bicyclic) bond motifs is 1. The molecule has 0 radical (unpaired) electrons. The third-order valence-corrected chi connectivity index (χ3v) is 3.46. The van der Waals surface area contributed by atoms with Crippen LogP contribution in [0.15, 0.2) is 12.4 Å². The van der Waals surface area contributed by atoms with E-state index in [0.29, 0.717) is 17.0 Å². The minimum absolute atomic E-state index is 0.444. The molecule has 2 aromatic heterocycles. The molecule has 5 nitrogen and oxygen atoms in total. The summed E-state index contributed by atoms with van der Waals surface area (Å²) in [6, 6.07) is 2.29. The normalized spacial score (nSPS) is 24.4. The molecule has 1 aliphatic rings. The van der Waals surface area contributed by atoms with Gasteiger partial charge in [0.1, 0.15) is 17.3 Å². The summed E-state index contributed by atoms with van der Waals surface area (Å²) in [5.74, 6) is 2.19. The lowest BCUT2D eigenvalue weighted by Crippen LogP contribution is -2.18. The van der Waals surface area contributed by atoms with Crippen LogP contribution in [0.3, 0.4) is 0 Å². The summed E-state index contributed by atoms with van der Waals surface area (Å²) in [6.07, 6.45) is 5.14. The van der Waals surface area contributed by atoms with Gasteiger partial charge in [-0.05, 0) is 25.2 Å². The molecule has 0 saturated heterocycles. The Morgan fingerprint density at radius 3 is 3.12 bits per heavy atom. The van der Waals surface area contributed by atoms with Gasteiger partial charge in [0.2, 0.25) is 0 Å². The van der Waals surface area contributed by atoms with Gasteiger partial charge in [0.15, 0.2) is 0 Å². The zero-order valence-electron chi connectivity index (χ0n) is 9.60. The summed E-state index contributed by atoms with van der Waals surface area (Å²) in [5, 5.41) is 8.06. The van der Waals surface area contributed by atoms with E-state index >= 15 is 0 Å². The predicted octanol–water partition coefficient (Wildman–Crippen LogP) is 2.38. The largest absolute Gasteiger partial charge is 0.367 e. The monoisotopic (exact) mass is 251 g/mol. The molecule has 2 atom stereocenters. The highest BCUT2D eigenvalue weighted by Gasteiger charge is 2.22. The van der Waals surface area contributed by atoms with Crippen molar-refractivity contribution in [3.8, 4) is 0 Å². The molecular weight excluding hydrogens is 238 g/mol. The van der Waals surface area contributed by atoms with Crippen LogP contribution in [-0.2, 0) is 0 Å². The Morgan fingerprint density at radius 1 is 1.47 bits per heavy atom. The first-order valence-corrected chi connectivity index (χ1v) is 6.23. The van der Waals surface area contributed by atoms with E-state index in [1.165, 1.54) is 25.6 Å². The van der Waals surface area contributed by atoms with Gasteiger partial charge in [-0.2, -0.15) is 19.6 Å². The fourth-order valence-corrected chi connectivity index (χ4v) is 2.61. The lowest BCUT2D eigenvalue weighted by molar-refractivity contribution is 0.601. The molecule has 90 valence electrons. The highest BCUT2D eigenvalue weighted by Crippen LogP contribution is 2.27. The fraction of sp³-hybridized carbons (Fsp3) is 0.545. The average molecular weight is 252 g/mol. The van der Waals surface area contributed by atoms with Gasteiger partial charge in [0.25, 0.3) is 5.78 Å². The second-order valence-corrected chi connectivity index (χ2v) is 5.08. The van der Waals surface area contributed by atoms with Crippen molar-refractivity contribution in [3.05, 3.63) is 17.5 Å². The van der Waals surface area contributed by atoms with Crippen LogP contribution < -0.4 is 5.32 Å². The van der Waals surface area contributed by atoms with Crippen molar-refractivity contribution in [1.29, 1.82) is 0 Å². The number of rotatable bonds is 2. The Morgan fingerprint density at radius 2 is 2.35 bits per heavy atom. The van der Waals surface area contributed by atoms with Crippen molar-refractivity contribution in [2.24, 2.45) is 5.92 Å². The van der Waals surface area contributed by atoms with Crippen molar-refractivity contribution in [3.63, 3.8) is 0 Å². The Kier molecular flexibility index (Phi) is 2.63. The lowest BCUT2D eigenvalue weighted by Gasteiger charge is -2.14. The number of nitrogens with one attached hydrogen (secondary N) is 1. The Balaban J connectivity index is 1.91. The van der Waals surface area contributed by atoms with E-state index in [9.17, 15) is 0 Å². The summed E-state index contributed by atoms with van der Waals surface area (Å²) < 4.78 is 1.69. The van der Waals surface area contributed by atoms with E-state index in [0.717, 1.165) is 11.7 Å². The minimum atomic E-state index is 0.444. The summed E-state index contributed by atoms with van der Waals surface area (Å²) in [5.41, 5.74) is 0. The van der Waals surface area contributed by atoms with Crippen LogP contribution in [0.4, 0.5) is 5.82 Å². The molecule has 0 amide bonds. The fourth-order valence-electron chi connectivity index (χ4n) is 2.43. The van der Waals surface area contributed by atoms with Crippen molar-refractivity contribution < 1.29 is 0 Å². The van der Waals surface area contributed by atoms with Gasteiger partial charge < -0.3 is 5.32 Å². The van der Waals surface area contributed by atoms with Crippen LogP contribution in [0.1, 0.15) is 26.2 Å². The van der Waals surface area contributed by atoms with Crippen molar-refractivity contribution >= 4 is 23.2 Å². The molecule has 17 heavy (non-hydrogen) atoms. The molecule has 6 heteroatoms. The summed E-state index contributed by atoms with van der Waals surface area (Å²) in [7, 11) is 0. The standard InChI is InChI=1S/C11H14ClN5/c1-7-2-3-8(4-7)15-10-5-9(12)16-11-13-6-14-17(10)11/h5-8,15H,2-4H2,1H3. The van der Waals surface area contributed by atoms with Gasteiger partial charge in [-0.15, -0.1) is 0 Å². The van der Waals surface area contributed by atoms with Crippen LogP contribution in [0.5, 0.6) is 0 Å². The van der Waals surface area contributed by atoms with E-state index in [1.807, 2.05) is 0 Å². The topological polar surface area (TPSA) is 55.1 Å². The minimum Gasteiger partial charge on any atom is -0.367 e. The van der Waals surface area contributed by atoms with Crippen LogP contribution in [0, 0.1) is 5.92 Å². The molecule has 0 aliphatic heterocycles. The Bertz CT molecular complexity index is 538. The first kappa shape index (κ1) is 10.8. The molecule has 1 N–H and O–H groups in total. The lowest BCUT2D eigenvalue weighted by atomic mass is 10.1. The number of hydrogen-bond acceptors (Lipinski definition) is 4. The first-order chi connectivity index (χ1) is 8.22. The summed E-state index contributed by atoms with van der Waals surface area (Å²) in [4.78, 5) is 8.15. The second-order valence-electron chi connectivity index (χ2n) is 4.70. The van der Waals surface area contributed by atoms with Crippen LogP contribution in [0.25, 0.3) is 5.78 Å². The van der Waals surface area contributed by atoms with E-state index in [1.54, 1.807) is 10.6 Å². The molecule has 1 aliphatic carbocycles. The maximum absolute atomic E-state index is 5.96. The molecule has 0 aromatic carbocycles. The van der Waals surface area contributed by atoms with Gasteiger partial charge in [0, 0.05) is 12.1 Å². The van der Waals surface area contributed by atoms with Crippen molar-refractivity contribution in [2.45, 2.75) is 32.2 Å². The first-order valence-electron chi connectivity index (χ1n) is 5.85. The zero-order valence-corrected chi connectivity index (χ0v) is 10.4. The van der Waals surface area contributed by atoms with Crippen LogP contribution >= 0.6 is 11.6 Å². The summed E-state index contributed by atoms with van der Waals surface area (Å²) in [6.45, 7) is 2.28. The molecule has 0 spiro atoms. The van der Waals surface area contributed by atoms with E-state index in [4.69, 9.17) is 11.6 Å². The summed E-state index contributed by atoms with van der Waals surface area (Å²) >= 11 is 5.96. The van der Waals surface area contributed by atoms with Gasteiger partial charge in [-0.25, -0.2) is 0 Å². The molecule has 2 heterocycles. The molecule has 3 rings (SSSR count). The van der Waals surface area contributed by atoms with Crippen LogP contribution in [-0.4, -0.2) is 25.6 Å². The maximum Gasteiger partial charge on any atom is 0.255 e. The van der Waals surface area contributed by atoms with Gasteiger partial charge in [-0.1, -0.05) is 18.5 Å². The number of hydrogen-bond donors (Lipinski definition) is 1. The third kappa shape index (κ3) is 2.07. The van der Waals surface area contributed by atoms with Gasteiger partial charge in [0.05, 0.1) is 0 Å². The SMILES string of the molecule is CC1CCC(Nc2cc(Cl)nc3ncnn23)C1. The molecular formula is C11H14ClN5. The molecule has 1 fully saturated rings. The van der Waals surface area contributed by atoms with Crippen LogP contribution in [0.2, 0.25) is 5.15 Å². The smallest absolute Gasteiger partial charge is 0.255 e. The number of nitrogens with zero attached hydrogens (tertiary/aromatic N) is 4. The molecule has 2 unspecified atom stereocenters. The van der Waals surface area contributed by atoms with Crippen molar-refractivity contribution in [1.82, 2.24) is 19.6 Å². The Labute approximate surface area is 104 Å². The van der Waals surface area contributed by atoms with E-state index < -0.39 is 0 Å². The molecule has 1 saturated carbocycles. The van der Waals surface area contributed by atoms with Gasteiger partial charge >= 0.3 is 0 Å². The highest BCUT2D eigenvalue weighted by molar-refractivity contribution is 6.29. The number of aromatic nitrogens is 4. The third-order valence-electron chi connectivity index (χ3n) is 3.27. The molecule has 0 bridgehead atoms.